The number of halogens is 1. The molecule has 2 aromatic carbocycles. The fraction of sp³-hybridized carbons (Fsp3) is 0.333. The number of hydrogen-bond acceptors (Lipinski definition) is 4. The van der Waals surface area contributed by atoms with Crippen LogP contribution in [0.15, 0.2) is 53.9 Å². The van der Waals surface area contributed by atoms with Gasteiger partial charge in [0.15, 0.2) is 0 Å². The van der Waals surface area contributed by atoms with E-state index in [9.17, 15) is 9.18 Å². The summed E-state index contributed by atoms with van der Waals surface area (Å²) in [4.78, 5) is 21.7. The molecule has 0 bridgehead atoms. The van der Waals surface area contributed by atoms with E-state index >= 15 is 0 Å². The second-order valence-electron chi connectivity index (χ2n) is 7.76. The molecule has 2 heterocycles. The second-order valence-corrected chi connectivity index (χ2v) is 8.82. The van der Waals surface area contributed by atoms with Crippen LogP contribution in [0.3, 0.4) is 0 Å². The average molecular weight is 424 g/mol. The summed E-state index contributed by atoms with van der Waals surface area (Å²) in [7, 11) is 0. The van der Waals surface area contributed by atoms with Crippen LogP contribution in [0.1, 0.15) is 22.6 Å². The Bertz CT molecular complexity index is 984. The first-order chi connectivity index (χ1) is 14.6. The molecule has 1 aromatic heterocycles. The van der Waals surface area contributed by atoms with E-state index in [2.05, 4.69) is 15.3 Å². The lowest BCUT2D eigenvalue weighted by atomic mass is 10.1. The van der Waals surface area contributed by atoms with Crippen molar-refractivity contribution in [1.82, 2.24) is 14.8 Å². The van der Waals surface area contributed by atoms with Crippen molar-refractivity contribution >= 4 is 17.2 Å². The summed E-state index contributed by atoms with van der Waals surface area (Å²) < 4.78 is 13.1. The van der Waals surface area contributed by atoms with Gasteiger partial charge in [0.2, 0.25) is 5.91 Å². The number of carbonyl (C=O) groups is 1. The summed E-state index contributed by atoms with van der Waals surface area (Å²) in [5, 5.41) is 3.11. The highest BCUT2D eigenvalue weighted by molar-refractivity contribution is 7.09. The molecule has 1 aliphatic heterocycles. The summed E-state index contributed by atoms with van der Waals surface area (Å²) in [5.74, 6) is -0.0306. The molecule has 1 fully saturated rings. The SMILES string of the molecule is Cc1nc(-c2ccc(CC(=O)N3CCCN(Cc4ccc(F)cc4)CC3)cc2)cs1. The fourth-order valence-corrected chi connectivity index (χ4v) is 4.42. The minimum absolute atomic E-state index is 0.177. The first-order valence-corrected chi connectivity index (χ1v) is 11.2. The zero-order valence-corrected chi connectivity index (χ0v) is 18.0. The number of hydrogen-bond donors (Lipinski definition) is 0. The standard InChI is InChI=1S/C24H26FN3OS/c1-18-26-23(17-30-18)21-7-3-19(4-8-21)15-24(29)28-12-2-11-27(13-14-28)16-20-5-9-22(25)10-6-20/h3-10,17H,2,11-16H2,1H3. The average Bonchev–Trinajstić information content (AvgIpc) is 3.04. The molecule has 1 amide bonds. The van der Waals surface area contributed by atoms with Gasteiger partial charge in [-0.15, -0.1) is 11.3 Å². The lowest BCUT2D eigenvalue weighted by Crippen LogP contribution is -2.36. The Labute approximate surface area is 181 Å². The van der Waals surface area contributed by atoms with Gasteiger partial charge in [-0.3, -0.25) is 9.69 Å². The van der Waals surface area contributed by atoms with E-state index < -0.39 is 0 Å². The molecular formula is C24H26FN3OS. The molecule has 1 aliphatic rings. The van der Waals surface area contributed by atoms with Crippen molar-refractivity contribution in [2.45, 2.75) is 26.3 Å². The Morgan fingerprint density at radius 1 is 1.00 bits per heavy atom. The normalized spacial score (nSPS) is 15.2. The van der Waals surface area contributed by atoms with Gasteiger partial charge in [-0.25, -0.2) is 9.37 Å². The van der Waals surface area contributed by atoms with Crippen molar-refractivity contribution in [3.63, 3.8) is 0 Å². The van der Waals surface area contributed by atoms with Gasteiger partial charge in [-0.1, -0.05) is 36.4 Å². The lowest BCUT2D eigenvalue weighted by molar-refractivity contribution is -0.130. The molecular weight excluding hydrogens is 397 g/mol. The molecule has 0 unspecified atom stereocenters. The molecule has 0 N–H and O–H groups in total. The molecule has 1 saturated heterocycles. The third kappa shape index (κ3) is 5.32. The number of thiazole rings is 1. The van der Waals surface area contributed by atoms with E-state index in [1.54, 1.807) is 11.3 Å². The van der Waals surface area contributed by atoms with E-state index in [1.165, 1.54) is 12.1 Å². The molecule has 0 spiro atoms. The Balaban J connectivity index is 1.31. The Morgan fingerprint density at radius 2 is 1.73 bits per heavy atom. The zero-order valence-electron chi connectivity index (χ0n) is 17.2. The summed E-state index contributed by atoms with van der Waals surface area (Å²) in [6.07, 6.45) is 1.38. The van der Waals surface area contributed by atoms with Crippen LogP contribution in [-0.2, 0) is 17.8 Å². The van der Waals surface area contributed by atoms with Crippen LogP contribution in [-0.4, -0.2) is 46.9 Å². The minimum Gasteiger partial charge on any atom is -0.341 e. The highest BCUT2D eigenvalue weighted by Gasteiger charge is 2.19. The predicted octanol–water partition coefficient (Wildman–Crippen LogP) is 4.53. The van der Waals surface area contributed by atoms with Crippen LogP contribution in [0.2, 0.25) is 0 Å². The molecule has 0 aliphatic carbocycles. The van der Waals surface area contributed by atoms with Crippen LogP contribution in [0, 0.1) is 12.7 Å². The van der Waals surface area contributed by atoms with Gasteiger partial charge >= 0.3 is 0 Å². The van der Waals surface area contributed by atoms with Crippen LogP contribution in [0.5, 0.6) is 0 Å². The minimum atomic E-state index is -0.207. The van der Waals surface area contributed by atoms with Gasteiger partial charge in [0.25, 0.3) is 0 Å². The number of nitrogens with zero attached hydrogens (tertiary/aromatic N) is 3. The maximum Gasteiger partial charge on any atom is 0.227 e. The molecule has 4 rings (SSSR count). The Hall–Kier alpha value is -2.57. The first kappa shape index (κ1) is 20.7. The van der Waals surface area contributed by atoms with Crippen LogP contribution >= 0.6 is 11.3 Å². The maximum absolute atomic E-state index is 13.1. The third-order valence-corrected chi connectivity index (χ3v) is 6.26. The van der Waals surface area contributed by atoms with Crippen molar-refractivity contribution in [1.29, 1.82) is 0 Å². The molecule has 0 radical (unpaired) electrons. The highest BCUT2D eigenvalue weighted by atomic mass is 32.1. The number of rotatable bonds is 5. The monoisotopic (exact) mass is 423 g/mol. The van der Waals surface area contributed by atoms with Crippen LogP contribution in [0.25, 0.3) is 11.3 Å². The van der Waals surface area contributed by atoms with Crippen molar-refractivity contribution in [3.8, 4) is 11.3 Å². The van der Waals surface area contributed by atoms with Gasteiger partial charge in [0.05, 0.1) is 17.1 Å². The number of amides is 1. The number of aromatic nitrogens is 1. The van der Waals surface area contributed by atoms with Crippen LogP contribution < -0.4 is 0 Å². The van der Waals surface area contributed by atoms with E-state index in [0.29, 0.717) is 6.42 Å². The largest absolute Gasteiger partial charge is 0.341 e. The number of carbonyl (C=O) groups excluding carboxylic acids is 1. The fourth-order valence-electron chi connectivity index (χ4n) is 3.80. The van der Waals surface area contributed by atoms with Gasteiger partial charge in [-0.05, 0) is 36.6 Å². The molecule has 0 saturated carbocycles. The number of benzene rings is 2. The summed E-state index contributed by atoms with van der Waals surface area (Å²) in [5.41, 5.74) is 4.21. The smallest absolute Gasteiger partial charge is 0.227 e. The lowest BCUT2D eigenvalue weighted by Gasteiger charge is -2.22. The summed E-state index contributed by atoms with van der Waals surface area (Å²) >= 11 is 1.64. The topological polar surface area (TPSA) is 36.4 Å². The Morgan fingerprint density at radius 3 is 2.43 bits per heavy atom. The van der Waals surface area contributed by atoms with Crippen molar-refractivity contribution < 1.29 is 9.18 Å². The van der Waals surface area contributed by atoms with Crippen molar-refractivity contribution in [3.05, 3.63) is 75.9 Å². The zero-order chi connectivity index (χ0) is 20.9. The van der Waals surface area contributed by atoms with Gasteiger partial charge < -0.3 is 4.90 Å². The third-order valence-electron chi connectivity index (χ3n) is 5.48. The summed E-state index contributed by atoms with van der Waals surface area (Å²) in [6.45, 7) is 6.10. The predicted molar refractivity (Wildman–Crippen MR) is 119 cm³/mol. The van der Waals surface area contributed by atoms with E-state index in [0.717, 1.165) is 66.5 Å². The maximum atomic E-state index is 13.1. The van der Waals surface area contributed by atoms with E-state index in [4.69, 9.17) is 0 Å². The quantitative estimate of drug-likeness (QED) is 0.605. The second kappa shape index (κ2) is 9.49. The Kier molecular flexibility index (Phi) is 6.55. The van der Waals surface area contributed by atoms with Crippen LogP contribution in [0.4, 0.5) is 4.39 Å². The molecule has 6 heteroatoms. The highest BCUT2D eigenvalue weighted by Crippen LogP contribution is 2.22. The van der Waals surface area contributed by atoms with Gasteiger partial charge in [-0.2, -0.15) is 0 Å². The molecule has 0 atom stereocenters. The van der Waals surface area contributed by atoms with Gasteiger partial charge in [0, 0.05) is 43.7 Å². The molecule has 4 nitrogen and oxygen atoms in total. The van der Waals surface area contributed by atoms with Crippen molar-refractivity contribution in [2.24, 2.45) is 0 Å². The molecule has 30 heavy (non-hydrogen) atoms. The first-order valence-electron chi connectivity index (χ1n) is 10.3. The molecule has 3 aromatic rings. The molecule has 156 valence electrons. The summed E-state index contributed by atoms with van der Waals surface area (Å²) in [6, 6.07) is 14.8. The number of aryl methyl sites for hydroxylation is 1. The van der Waals surface area contributed by atoms with Gasteiger partial charge in [0.1, 0.15) is 5.82 Å². The van der Waals surface area contributed by atoms with E-state index in [-0.39, 0.29) is 11.7 Å². The van der Waals surface area contributed by atoms with Crippen molar-refractivity contribution in [2.75, 3.05) is 26.2 Å². The van der Waals surface area contributed by atoms with E-state index in [1.807, 2.05) is 48.2 Å².